The van der Waals surface area contributed by atoms with Crippen LogP contribution in [0.1, 0.15) is 35.7 Å². The van der Waals surface area contributed by atoms with Gasteiger partial charge >= 0.3 is 11.9 Å². The van der Waals surface area contributed by atoms with Crippen LogP contribution in [0.2, 0.25) is 0 Å². The molecule has 0 atom stereocenters. The van der Waals surface area contributed by atoms with Crippen LogP contribution in [0.15, 0.2) is 53.8 Å². The molecule has 0 saturated carbocycles. The van der Waals surface area contributed by atoms with Crippen molar-refractivity contribution in [3.05, 3.63) is 65.0 Å². The third kappa shape index (κ3) is 5.24. The minimum Gasteiger partial charge on any atom is -0.507 e. The number of hydrogen-bond acceptors (Lipinski definition) is 4. The van der Waals surface area contributed by atoms with Crippen molar-refractivity contribution < 1.29 is 29.7 Å². The van der Waals surface area contributed by atoms with Crippen molar-refractivity contribution in [1.82, 2.24) is 0 Å². The number of rotatable bonds is 8. The number of carboxylic acid groups (broad SMARTS) is 2. The Labute approximate surface area is 139 Å². The highest BCUT2D eigenvalue weighted by molar-refractivity contribution is 5.88. The van der Waals surface area contributed by atoms with E-state index in [-0.39, 0.29) is 35.3 Å². The number of carbonyl (C=O) groups is 3. The summed E-state index contributed by atoms with van der Waals surface area (Å²) >= 11 is 0. The number of hydrogen-bond donors (Lipinski definition) is 3. The molecule has 0 radical (unpaired) electrons. The summed E-state index contributed by atoms with van der Waals surface area (Å²) in [5.74, 6) is -2.42. The Hall–Kier alpha value is -3.15. The highest BCUT2D eigenvalue weighted by atomic mass is 16.4. The SMILES string of the molecule is C=C(C=O)/C(O)=C(\C=C(/C)c1ccc(C(=O)O)cc1)CCC(=O)O. The lowest BCUT2D eigenvalue weighted by Gasteiger charge is -2.08. The van der Waals surface area contributed by atoms with E-state index in [0.717, 1.165) is 0 Å². The highest BCUT2D eigenvalue weighted by Gasteiger charge is 2.10. The number of aliphatic hydroxyl groups excluding tert-OH is 1. The number of carboxylic acids is 2. The Bertz CT molecular complexity index is 722. The second kappa shape index (κ2) is 8.47. The van der Waals surface area contributed by atoms with Gasteiger partial charge in [-0.25, -0.2) is 4.79 Å². The quantitative estimate of drug-likeness (QED) is 0.292. The van der Waals surface area contributed by atoms with Gasteiger partial charge in [-0.2, -0.15) is 0 Å². The Morgan fingerprint density at radius 2 is 1.58 bits per heavy atom. The molecule has 0 bridgehead atoms. The van der Waals surface area contributed by atoms with Crippen molar-refractivity contribution in [3.63, 3.8) is 0 Å². The van der Waals surface area contributed by atoms with Gasteiger partial charge in [-0.15, -0.1) is 0 Å². The fourth-order valence-corrected chi connectivity index (χ4v) is 1.98. The van der Waals surface area contributed by atoms with Gasteiger partial charge in [0.15, 0.2) is 6.29 Å². The summed E-state index contributed by atoms with van der Waals surface area (Å²) < 4.78 is 0. The van der Waals surface area contributed by atoms with Crippen molar-refractivity contribution in [1.29, 1.82) is 0 Å². The summed E-state index contributed by atoms with van der Waals surface area (Å²) in [5.41, 5.74) is 1.66. The van der Waals surface area contributed by atoms with Crippen LogP contribution in [0.5, 0.6) is 0 Å². The van der Waals surface area contributed by atoms with E-state index in [2.05, 4.69) is 6.58 Å². The largest absolute Gasteiger partial charge is 0.507 e. The third-order valence-electron chi connectivity index (χ3n) is 3.34. The number of aliphatic carboxylic acids is 1. The molecule has 126 valence electrons. The standard InChI is InChI=1S/C18H18O6/c1-11(13-3-5-14(6-4-13)18(23)24)9-15(7-8-16(20)21)17(22)12(2)10-19/h3-6,9-10,22H,2,7-8H2,1H3,(H,20,21)(H,23,24)/b11-9+,17-15+. The summed E-state index contributed by atoms with van der Waals surface area (Å²) in [6, 6.07) is 6.10. The van der Waals surface area contributed by atoms with Gasteiger partial charge in [0.25, 0.3) is 0 Å². The monoisotopic (exact) mass is 330 g/mol. The van der Waals surface area contributed by atoms with E-state index in [1.807, 2.05) is 0 Å². The highest BCUT2D eigenvalue weighted by Crippen LogP contribution is 2.22. The van der Waals surface area contributed by atoms with Crippen LogP contribution in [0.4, 0.5) is 0 Å². The van der Waals surface area contributed by atoms with E-state index < -0.39 is 11.9 Å². The first-order valence-corrected chi connectivity index (χ1v) is 7.06. The Morgan fingerprint density at radius 3 is 2.04 bits per heavy atom. The van der Waals surface area contributed by atoms with Crippen LogP contribution in [0, 0.1) is 0 Å². The lowest BCUT2D eigenvalue weighted by Crippen LogP contribution is -2.00. The first-order chi connectivity index (χ1) is 11.3. The number of allylic oxidation sites excluding steroid dienone is 4. The molecule has 6 heteroatoms. The molecule has 0 amide bonds. The van der Waals surface area contributed by atoms with E-state index >= 15 is 0 Å². The third-order valence-corrected chi connectivity index (χ3v) is 3.34. The minimum absolute atomic E-state index is 0.0264. The number of benzene rings is 1. The van der Waals surface area contributed by atoms with Crippen LogP contribution >= 0.6 is 0 Å². The van der Waals surface area contributed by atoms with Crippen LogP contribution in [0.3, 0.4) is 0 Å². The zero-order chi connectivity index (χ0) is 18.3. The van der Waals surface area contributed by atoms with Crippen molar-refractivity contribution in [2.24, 2.45) is 0 Å². The summed E-state index contributed by atoms with van der Waals surface area (Å²) in [6.07, 6.45) is 1.76. The number of aliphatic hydroxyl groups is 1. The molecule has 0 heterocycles. The van der Waals surface area contributed by atoms with Crippen molar-refractivity contribution in [2.75, 3.05) is 0 Å². The van der Waals surface area contributed by atoms with Crippen molar-refractivity contribution >= 4 is 23.8 Å². The molecule has 1 aromatic carbocycles. The van der Waals surface area contributed by atoms with Gasteiger partial charge in [-0.3, -0.25) is 9.59 Å². The molecule has 1 aromatic rings. The minimum atomic E-state index is -1.04. The Kier molecular flexibility index (Phi) is 6.67. The second-order valence-electron chi connectivity index (χ2n) is 5.12. The maximum Gasteiger partial charge on any atom is 0.335 e. The predicted molar refractivity (Wildman–Crippen MR) is 88.8 cm³/mol. The van der Waals surface area contributed by atoms with Crippen molar-refractivity contribution in [3.8, 4) is 0 Å². The molecule has 0 unspecified atom stereocenters. The van der Waals surface area contributed by atoms with E-state index in [9.17, 15) is 19.5 Å². The molecule has 0 fully saturated rings. The Morgan fingerprint density at radius 1 is 1.04 bits per heavy atom. The van der Waals surface area contributed by atoms with Crippen LogP contribution in [0.25, 0.3) is 5.57 Å². The summed E-state index contributed by atoms with van der Waals surface area (Å²) in [7, 11) is 0. The van der Waals surface area contributed by atoms with Crippen LogP contribution in [-0.2, 0) is 9.59 Å². The van der Waals surface area contributed by atoms with Crippen LogP contribution in [-0.4, -0.2) is 33.5 Å². The van der Waals surface area contributed by atoms with Gasteiger partial charge in [0.1, 0.15) is 5.76 Å². The van der Waals surface area contributed by atoms with Gasteiger partial charge < -0.3 is 15.3 Å². The molecule has 0 aliphatic rings. The van der Waals surface area contributed by atoms with Crippen LogP contribution < -0.4 is 0 Å². The maximum atomic E-state index is 10.9. The van der Waals surface area contributed by atoms with E-state index in [1.54, 1.807) is 25.1 Å². The van der Waals surface area contributed by atoms with Gasteiger partial charge in [-0.1, -0.05) is 24.8 Å². The van der Waals surface area contributed by atoms with Crippen molar-refractivity contribution in [2.45, 2.75) is 19.8 Å². The first kappa shape index (κ1) is 18.9. The molecule has 3 N–H and O–H groups in total. The smallest absolute Gasteiger partial charge is 0.335 e. The number of aldehydes is 1. The number of carbonyl (C=O) groups excluding carboxylic acids is 1. The molecule has 0 saturated heterocycles. The predicted octanol–water partition coefficient (Wildman–Crippen LogP) is 3.22. The summed E-state index contributed by atoms with van der Waals surface area (Å²) in [6.45, 7) is 5.14. The molecule has 0 spiro atoms. The molecule has 1 rings (SSSR count). The van der Waals surface area contributed by atoms with E-state index in [0.29, 0.717) is 17.4 Å². The zero-order valence-electron chi connectivity index (χ0n) is 13.2. The average Bonchev–Trinajstić information content (AvgIpc) is 2.56. The molecule has 0 aliphatic carbocycles. The Balaban J connectivity index is 3.20. The lowest BCUT2D eigenvalue weighted by atomic mass is 9.98. The normalized spacial score (nSPS) is 12.3. The van der Waals surface area contributed by atoms with Gasteiger partial charge in [0.05, 0.1) is 5.56 Å². The van der Waals surface area contributed by atoms with E-state index in [4.69, 9.17) is 10.2 Å². The molecule has 24 heavy (non-hydrogen) atoms. The van der Waals surface area contributed by atoms with Gasteiger partial charge in [0.2, 0.25) is 0 Å². The lowest BCUT2D eigenvalue weighted by molar-refractivity contribution is -0.136. The topological polar surface area (TPSA) is 112 Å². The molecule has 6 nitrogen and oxygen atoms in total. The summed E-state index contributed by atoms with van der Waals surface area (Å²) in [5, 5.41) is 27.7. The van der Waals surface area contributed by atoms with Gasteiger partial charge in [0, 0.05) is 12.0 Å². The first-order valence-electron chi connectivity index (χ1n) is 7.06. The summed E-state index contributed by atoms with van der Waals surface area (Å²) in [4.78, 5) is 32.4. The van der Waals surface area contributed by atoms with E-state index in [1.165, 1.54) is 12.1 Å². The fraction of sp³-hybridized carbons (Fsp3) is 0.167. The molecular formula is C18H18O6. The maximum absolute atomic E-state index is 10.9. The fourth-order valence-electron chi connectivity index (χ4n) is 1.98. The average molecular weight is 330 g/mol. The molecular weight excluding hydrogens is 312 g/mol. The second-order valence-corrected chi connectivity index (χ2v) is 5.12. The molecule has 0 aliphatic heterocycles. The number of aromatic carboxylic acids is 1. The van der Waals surface area contributed by atoms with Gasteiger partial charge in [-0.05, 0) is 42.2 Å². The molecule has 0 aromatic heterocycles. The zero-order valence-corrected chi connectivity index (χ0v) is 13.2.